The van der Waals surface area contributed by atoms with Gasteiger partial charge in [0.1, 0.15) is 12.1 Å². The number of aromatic nitrogens is 6. The van der Waals surface area contributed by atoms with Crippen LogP contribution in [0, 0.1) is 0 Å². The molecule has 0 bridgehead atoms. The first-order valence-corrected chi connectivity index (χ1v) is 10.1. The summed E-state index contributed by atoms with van der Waals surface area (Å²) in [7, 11) is 0. The van der Waals surface area contributed by atoms with Crippen LogP contribution in [0.3, 0.4) is 0 Å². The molecule has 8 nitrogen and oxygen atoms in total. The zero-order valence-electron chi connectivity index (χ0n) is 17.1. The summed E-state index contributed by atoms with van der Waals surface area (Å²) in [6, 6.07) is 22.9. The molecular weight excluding hydrogens is 402 g/mol. The summed E-state index contributed by atoms with van der Waals surface area (Å²) in [5, 5.41) is 8.28. The smallest absolute Gasteiger partial charge is 0.249 e. The molecule has 3 heterocycles. The molecule has 8 heteroatoms. The molecule has 156 valence electrons. The monoisotopic (exact) mass is 421 g/mol. The van der Waals surface area contributed by atoms with Gasteiger partial charge in [-0.1, -0.05) is 53.7 Å². The Balaban J connectivity index is 1.45. The summed E-state index contributed by atoms with van der Waals surface area (Å²) < 4.78 is 1.60. The second kappa shape index (κ2) is 8.73. The van der Waals surface area contributed by atoms with Crippen LogP contribution in [0.2, 0.25) is 0 Å². The maximum absolute atomic E-state index is 13.4. The van der Waals surface area contributed by atoms with E-state index in [1.165, 1.54) is 0 Å². The van der Waals surface area contributed by atoms with E-state index in [9.17, 15) is 4.79 Å². The van der Waals surface area contributed by atoms with E-state index in [1.807, 2.05) is 72.8 Å². The molecule has 0 saturated heterocycles. The summed E-state index contributed by atoms with van der Waals surface area (Å²) in [5.74, 6) is 0.434. The molecule has 0 aliphatic rings. The third-order valence-corrected chi connectivity index (χ3v) is 5.03. The van der Waals surface area contributed by atoms with Gasteiger partial charge in [0.25, 0.3) is 0 Å². The maximum atomic E-state index is 13.4. The van der Waals surface area contributed by atoms with Crippen LogP contribution < -0.4 is 4.90 Å². The average Bonchev–Trinajstić information content (AvgIpc) is 3.26. The van der Waals surface area contributed by atoms with Gasteiger partial charge in [0, 0.05) is 11.8 Å². The van der Waals surface area contributed by atoms with E-state index in [1.54, 1.807) is 28.2 Å². The number of hydrogen-bond donors (Lipinski definition) is 0. The van der Waals surface area contributed by atoms with Gasteiger partial charge >= 0.3 is 0 Å². The zero-order valence-corrected chi connectivity index (χ0v) is 17.1. The van der Waals surface area contributed by atoms with Gasteiger partial charge in [0.15, 0.2) is 5.82 Å². The normalized spacial score (nSPS) is 10.9. The Morgan fingerprint density at radius 3 is 2.38 bits per heavy atom. The van der Waals surface area contributed by atoms with Gasteiger partial charge in [0.05, 0.1) is 35.8 Å². The number of hydrogen-bond acceptors (Lipinski definition) is 6. The van der Waals surface area contributed by atoms with Crippen molar-refractivity contribution in [2.24, 2.45) is 0 Å². The SMILES string of the molecule is O=C(Cn1nnc2ccccc21)N(Cc1ccccn1)c1cnc(-c2ccccc2)nc1. The Morgan fingerprint density at radius 1 is 0.844 bits per heavy atom. The van der Waals surface area contributed by atoms with Crippen molar-refractivity contribution in [3.05, 3.63) is 97.1 Å². The molecule has 5 aromatic rings. The fourth-order valence-corrected chi connectivity index (χ4v) is 3.42. The number of benzene rings is 2. The van der Waals surface area contributed by atoms with Crippen molar-refractivity contribution >= 4 is 22.6 Å². The van der Waals surface area contributed by atoms with Gasteiger partial charge in [-0.2, -0.15) is 0 Å². The van der Waals surface area contributed by atoms with E-state index in [-0.39, 0.29) is 12.5 Å². The number of fused-ring (bicyclic) bond motifs is 1. The molecule has 0 N–H and O–H groups in total. The average molecular weight is 421 g/mol. The zero-order chi connectivity index (χ0) is 21.8. The minimum atomic E-state index is -0.164. The minimum Gasteiger partial charge on any atom is -0.302 e. The summed E-state index contributed by atoms with van der Waals surface area (Å²) >= 11 is 0. The van der Waals surface area contributed by atoms with Crippen molar-refractivity contribution < 1.29 is 4.79 Å². The third kappa shape index (κ3) is 4.06. The molecule has 5 rings (SSSR count). The van der Waals surface area contributed by atoms with Gasteiger partial charge in [-0.25, -0.2) is 14.6 Å². The minimum absolute atomic E-state index is 0.0355. The van der Waals surface area contributed by atoms with Crippen molar-refractivity contribution in [2.45, 2.75) is 13.1 Å². The Morgan fingerprint density at radius 2 is 1.59 bits per heavy atom. The number of amides is 1. The van der Waals surface area contributed by atoms with E-state index in [2.05, 4.69) is 25.3 Å². The van der Waals surface area contributed by atoms with E-state index < -0.39 is 0 Å². The Kier molecular flexibility index (Phi) is 5.32. The molecule has 0 unspecified atom stereocenters. The van der Waals surface area contributed by atoms with Gasteiger partial charge in [-0.3, -0.25) is 9.78 Å². The lowest BCUT2D eigenvalue weighted by molar-refractivity contribution is -0.119. The van der Waals surface area contributed by atoms with E-state index >= 15 is 0 Å². The number of rotatable bonds is 6. The quantitative estimate of drug-likeness (QED) is 0.417. The van der Waals surface area contributed by atoms with Crippen molar-refractivity contribution in [3.8, 4) is 11.4 Å². The predicted octanol–water partition coefficient (Wildman–Crippen LogP) is 3.52. The van der Waals surface area contributed by atoms with E-state index in [4.69, 9.17) is 0 Å². The molecule has 0 saturated carbocycles. The van der Waals surface area contributed by atoms with Crippen LogP contribution in [0.5, 0.6) is 0 Å². The molecule has 3 aromatic heterocycles. The van der Waals surface area contributed by atoms with Crippen LogP contribution in [0.4, 0.5) is 5.69 Å². The van der Waals surface area contributed by atoms with Crippen molar-refractivity contribution in [2.75, 3.05) is 4.90 Å². The molecule has 0 atom stereocenters. The van der Waals surface area contributed by atoms with E-state index in [0.29, 0.717) is 18.1 Å². The fourth-order valence-electron chi connectivity index (χ4n) is 3.42. The molecule has 0 radical (unpaired) electrons. The predicted molar refractivity (Wildman–Crippen MR) is 120 cm³/mol. The number of carbonyl (C=O) groups is 1. The molecule has 0 fully saturated rings. The number of carbonyl (C=O) groups excluding carboxylic acids is 1. The van der Waals surface area contributed by atoms with Gasteiger partial charge < -0.3 is 4.90 Å². The van der Waals surface area contributed by atoms with E-state index in [0.717, 1.165) is 22.3 Å². The molecule has 2 aromatic carbocycles. The summed E-state index contributed by atoms with van der Waals surface area (Å²) in [6.07, 6.45) is 5.03. The maximum Gasteiger partial charge on any atom is 0.249 e. The summed E-state index contributed by atoms with van der Waals surface area (Å²) in [5.41, 5.74) is 3.80. The largest absolute Gasteiger partial charge is 0.302 e. The fraction of sp³-hybridized carbons (Fsp3) is 0.0833. The first-order valence-electron chi connectivity index (χ1n) is 10.1. The summed E-state index contributed by atoms with van der Waals surface area (Å²) in [6.45, 7) is 0.328. The number of nitrogens with zero attached hydrogens (tertiary/aromatic N) is 7. The van der Waals surface area contributed by atoms with Crippen LogP contribution in [0.25, 0.3) is 22.4 Å². The third-order valence-electron chi connectivity index (χ3n) is 5.03. The highest BCUT2D eigenvalue weighted by molar-refractivity contribution is 5.93. The Bertz CT molecular complexity index is 1340. The van der Waals surface area contributed by atoms with Crippen molar-refractivity contribution in [1.29, 1.82) is 0 Å². The molecule has 0 aliphatic carbocycles. The first-order chi connectivity index (χ1) is 15.8. The molecule has 0 aliphatic heterocycles. The van der Waals surface area contributed by atoms with Crippen molar-refractivity contribution in [3.63, 3.8) is 0 Å². The van der Waals surface area contributed by atoms with Gasteiger partial charge in [-0.15, -0.1) is 5.10 Å². The van der Waals surface area contributed by atoms with Crippen LogP contribution in [-0.4, -0.2) is 35.9 Å². The Labute approximate surface area is 184 Å². The van der Waals surface area contributed by atoms with Crippen LogP contribution >= 0.6 is 0 Å². The highest BCUT2D eigenvalue weighted by atomic mass is 16.2. The first kappa shape index (κ1) is 19.5. The lowest BCUT2D eigenvalue weighted by atomic mass is 10.2. The van der Waals surface area contributed by atoms with Crippen molar-refractivity contribution in [1.82, 2.24) is 29.9 Å². The number of anilines is 1. The second-order valence-electron chi connectivity index (χ2n) is 7.17. The lowest BCUT2D eigenvalue weighted by Gasteiger charge is -2.22. The number of pyridine rings is 1. The van der Waals surface area contributed by atoms with Crippen LogP contribution in [0.15, 0.2) is 91.4 Å². The lowest BCUT2D eigenvalue weighted by Crippen LogP contribution is -2.34. The molecule has 1 amide bonds. The molecule has 0 spiro atoms. The van der Waals surface area contributed by atoms with Crippen LogP contribution in [-0.2, 0) is 17.9 Å². The van der Waals surface area contributed by atoms with Gasteiger partial charge in [0.2, 0.25) is 5.91 Å². The highest BCUT2D eigenvalue weighted by Crippen LogP contribution is 2.20. The molecule has 32 heavy (non-hydrogen) atoms. The highest BCUT2D eigenvalue weighted by Gasteiger charge is 2.20. The Hall–Kier alpha value is -4.46. The van der Waals surface area contributed by atoms with Crippen LogP contribution in [0.1, 0.15) is 5.69 Å². The molecular formula is C24H19N7O. The topological polar surface area (TPSA) is 89.7 Å². The number of para-hydroxylation sites is 1. The standard InChI is InChI=1S/C24H19N7O/c32-23(17-31-22-12-5-4-11-21(22)28-29-31)30(16-19-10-6-7-13-25-19)20-14-26-24(27-15-20)18-8-2-1-3-9-18/h1-15H,16-17H2. The second-order valence-corrected chi connectivity index (χ2v) is 7.17. The van der Waals surface area contributed by atoms with Gasteiger partial charge in [-0.05, 0) is 24.3 Å². The summed E-state index contributed by atoms with van der Waals surface area (Å²) in [4.78, 5) is 28.3.